The number of hydrogen-bond donors (Lipinski definition) is 1. The van der Waals surface area contributed by atoms with Crippen LogP contribution in [0.25, 0.3) is 0 Å². The molecular formula is C17H22FN3O3. The zero-order valence-electron chi connectivity index (χ0n) is 14.1. The standard InChI is InChI=1S/C17H22FN3O3/c1-17(2,3)19-14(22)11-21-9-8-20(15(23)16(21)24)10-12-4-6-13(18)7-5-12/h4-7H,8-11H2,1-3H3,(H,19,22). The molecule has 6 nitrogen and oxygen atoms in total. The molecule has 1 aromatic carbocycles. The first-order valence-corrected chi connectivity index (χ1v) is 7.79. The van der Waals surface area contributed by atoms with E-state index in [2.05, 4.69) is 5.32 Å². The van der Waals surface area contributed by atoms with Gasteiger partial charge in [-0.05, 0) is 38.5 Å². The second-order valence-corrected chi connectivity index (χ2v) is 6.88. The van der Waals surface area contributed by atoms with Crippen LogP contribution in [0.2, 0.25) is 0 Å². The Labute approximate surface area is 140 Å². The van der Waals surface area contributed by atoms with E-state index in [1.54, 1.807) is 12.1 Å². The highest BCUT2D eigenvalue weighted by atomic mass is 19.1. The van der Waals surface area contributed by atoms with Gasteiger partial charge in [0.05, 0.1) is 0 Å². The molecule has 1 heterocycles. The Morgan fingerprint density at radius 3 is 2.21 bits per heavy atom. The first-order valence-electron chi connectivity index (χ1n) is 7.79. The second kappa shape index (κ2) is 6.98. The molecule has 0 unspecified atom stereocenters. The Kier molecular flexibility index (Phi) is 5.21. The summed E-state index contributed by atoms with van der Waals surface area (Å²) in [5.74, 6) is -1.98. The molecule has 0 aliphatic carbocycles. The van der Waals surface area contributed by atoms with Gasteiger partial charge in [0, 0.05) is 25.2 Å². The van der Waals surface area contributed by atoms with E-state index in [0.717, 1.165) is 5.56 Å². The fraction of sp³-hybridized carbons (Fsp3) is 0.471. The smallest absolute Gasteiger partial charge is 0.312 e. The molecule has 0 atom stereocenters. The van der Waals surface area contributed by atoms with Crippen LogP contribution in [0.15, 0.2) is 24.3 Å². The highest BCUT2D eigenvalue weighted by Crippen LogP contribution is 2.11. The van der Waals surface area contributed by atoms with Crippen molar-refractivity contribution in [2.45, 2.75) is 32.9 Å². The van der Waals surface area contributed by atoms with Gasteiger partial charge in [0.25, 0.3) is 0 Å². The number of carbonyl (C=O) groups excluding carboxylic acids is 3. The van der Waals surface area contributed by atoms with Gasteiger partial charge < -0.3 is 15.1 Å². The van der Waals surface area contributed by atoms with Gasteiger partial charge >= 0.3 is 11.8 Å². The lowest BCUT2D eigenvalue weighted by atomic mass is 10.1. The summed E-state index contributed by atoms with van der Waals surface area (Å²) in [5.41, 5.74) is 0.352. The summed E-state index contributed by atoms with van der Waals surface area (Å²) in [4.78, 5) is 39.0. The molecule has 1 aliphatic rings. The number of nitrogens with one attached hydrogen (secondary N) is 1. The second-order valence-electron chi connectivity index (χ2n) is 6.88. The SMILES string of the molecule is CC(C)(C)NC(=O)CN1CCN(Cc2ccc(F)cc2)C(=O)C1=O. The Hall–Kier alpha value is -2.44. The summed E-state index contributed by atoms with van der Waals surface area (Å²) >= 11 is 0. The fourth-order valence-corrected chi connectivity index (χ4v) is 2.46. The number of amides is 3. The molecule has 0 radical (unpaired) electrons. The normalized spacial score (nSPS) is 15.7. The van der Waals surface area contributed by atoms with E-state index in [-0.39, 0.29) is 24.8 Å². The van der Waals surface area contributed by atoms with E-state index in [1.165, 1.54) is 21.9 Å². The highest BCUT2D eigenvalue weighted by molar-refractivity contribution is 6.35. The van der Waals surface area contributed by atoms with Gasteiger partial charge in [-0.15, -0.1) is 0 Å². The van der Waals surface area contributed by atoms with Crippen molar-refractivity contribution in [3.63, 3.8) is 0 Å². The Morgan fingerprint density at radius 2 is 1.62 bits per heavy atom. The van der Waals surface area contributed by atoms with E-state index in [0.29, 0.717) is 13.1 Å². The molecule has 0 bridgehead atoms. The van der Waals surface area contributed by atoms with Crippen LogP contribution < -0.4 is 5.32 Å². The van der Waals surface area contributed by atoms with E-state index < -0.39 is 17.4 Å². The number of halogens is 1. The molecule has 1 N–H and O–H groups in total. The van der Waals surface area contributed by atoms with Crippen molar-refractivity contribution >= 4 is 17.7 Å². The first-order chi connectivity index (χ1) is 11.2. The minimum Gasteiger partial charge on any atom is -0.350 e. The van der Waals surface area contributed by atoms with Gasteiger partial charge in [-0.3, -0.25) is 14.4 Å². The summed E-state index contributed by atoms with van der Waals surface area (Å²) in [6, 6.07) is 5.79. The number of nitrogens with zero attached hydrogens (tertiary/aromatic N) is 2. The molecule has 2 rings (SSSR count). The molecule has 0 spiro atoms. The van der Waals surface area contributed by atoms with Crippen molar-refractivity contribution < 1.29 is 18.8 Å². The van der Waals surface area contributed by atoms with E-state index >= 15 is 0 Å². The highest BCUT2D eigenvalue weighted by Gasteiger charge is 2.33. The minimum atomic E-state index is -0.688. The van der Waals surface area contributed by atoms with Gasteiger partial charge in [-0.2, -0.15) is 0 Å². The Morgan fingerprint density at radius 1 is 1.08 bits per heavy atom. The van der Waals surface area contributed by atoms with Gasteiger partial charge in [0.2, 0.25) is 5.91 Å². The number of rotatable bonds is 4. The molecule has 0 aromatic heterocycles. The van der Waals surface area contributed by atoms with Crippen LogP contribution in [0.4, 0.5) is 4.39 Å². The Balaban J connectivity index is 1.94. The number of hydrogen-bond acceptors (Lipinski definition) is 3. The summed E-state index contributed by atoms with van der Waals surface area (Å²) < 4.78 is 12.9. The summed E-state index contributed by atoms with van der Waals surface area (Å²) in [7, 11) is 0. The molecule has 0 saturated carbocycles. The molecule has 3 amide bonds. The molecule has 1 aliphatic heterocycles. The summed E-state index contributed by atoms with van der Waals surface area (Å²) in [6.07, 6.45) is 0. The van der Waals surface area contributed by atoms with Crippen LogP contribution in [-0.4, -0.2) is 52.7 Å². The number of carbonyl (C=O) groups is 3. The number of piperazine rings is 1. The van der Waals surface area contributed by atoms with Crippen LogP contribution in [0.5, 0.6) is 0 Å². The maximum absolute atomic E-state index is 12.9. The molecule has 1 aromatic rings. The molecule has 24 heavy (non-hydrogen) atoms. The Bertz CT molecular complexity index is 637. The van der Waals surface area contributed by atoms with Crippen LogP contribution in [0, 0.1) is 5.82 Å². The lowest BCUT2D eigenvalue weighted by molar-refractivity contribution is -0.157. The van der Waals surface area contributed by atoms with Gasteiger partial charge in [-0.1, -0.05) is 12.1 Å². The predicted molar refractivity (Wildman–Crippen MR) is 86.3 cm³/mol. The van der Waals surface area contributed by atoms with Crippen molar-refractivity contribution in [3.05, 3.63) is 35.6 Å². The third kappa shape index (κ3) is 4.78. The van der Waals surface area contributed by atoms with Gasteiger partial charge in [0.1, 0.15) is 12.4 Å². The topological polar surface area (TPSA) is 69.7 Å². The van der Waals surface area contributed by atoms with E-state index in [9.17, 15) is 18.8 Å². The average Bonchev–Trinajstić information content (AvgIpc) is 2.47. The first kappa shape index (κ1) is 17.9. The van der Waals surface area contributed by atoms with Crippen molar-refractivity contribution in [2.24, 2.45) is 0 Å². The molecular weight excluding hydrogens is 313 g/mol. The van der Waals surface area contributed by atoms with Gasteiger partial charge in [-0.25, -0.2) is 4.39 Å². The van der Waals surface area contributed by atoms with Crippen molar-refractivity contribution in [3.8, 4) is 0 Å². The zero-order valence-corrected chi connectivity index (χ0v) is 14.1. The lowest BCUT2D eigenvalue weighted by Crippen LogP contribution is -2.57. The summed E-state index contributed by atoms with van der Waals surface area (Å²) in [6.45, 7) is 6.28. The maximum atomic E-state index is 12.9. The third-order valence-electron chi connectivity index (χ3n) is 3.53. The largest absolute Gasteiger partial charge is 0.350 e. The molecule has 7 heteroatoms. The lowest BCUT2D eigenvalue weighted by Gasteiger charge is -2.34. The maximum Gasteiger partial charge on any atom is 0.312 e. The fourth-order valence-electron chi connectivity index (χ4n) is 2.46. The molecule has 1 fully saturated rings. The van der Waals surface area contributed by atoms with Crippen LogP contribution in [-0.2, 0) is 20.9 Å². The molecule has 1 saturated heterocycles. The quantitative estimate of drug-likeness (QED) is 0.832. The third-order valence-corrected chi connectivity index (χ3v) is 3.53. The zero-order chi connectivity index (χ0) is 17.9. The van der Waals surface area contributed by atoms with Crippen LogP contribution in [0.3, 0.4) is 0 Å². The predicted octanol–water partition coefficient (Wildman–Crippen LogP) is 0.911. The van der Waals surface area contributed by atoms with Crippen LogP contribution in [0.1, 0.15) is 26.3 Å². The molecule has 130 valence electrons. The van der Waals surface area contributed by atoms with E-state index in [1.807, 2.05) is 20.8 Å². The van der Waals surface area contributed by atoms with E-state index in [4.69, 9.17) is 0 Å². The van der Waals surface area contributed by atoms with Crippen LogP contribution >= 0.6 is 0 Å². The van der Waals surface area contributed by atoms with Gasteiger partial charge in [0.15, 0.2) is 0 Å². The average molecular weight is 335 g/mol. The van der Waals surface area contributed by atoms with Crippen molar-refractivity contribution in [1.29, 1.82) is 0 Å². The van der Waals surface area contributed by atoms with Crippen molar-refractivity contribution in [1.82, 2.24) is 15.1 Å². The number of benzene rings is 1. The van der Waals surface area contributed by atoms with Crippen molar-refractivity contribution in [2.75, 3.05) is 19.6 Å². The monoisotopic (exact) mass is 335 g/mol. The summed E-state index contributed by atoms with van der Waals surface area (Å²) in [5, 5.41) is 2.76. The minimum absolute atomic E-state index is 0.133.